The molecule has 0 aromatic carbocycles. The van der Waals surface area contributed by atoms with Crippen molar-refractivity contribution >= 4 is 16.3 Å². The van der Waals surface area contributed by atoms with Crippen LogP contribution in [0.3, 0.4) is 0 Å². The maximum Gasteiger partial charge on any atom is 0.226 e. The molecular weight excluding hydrogens is 588 g/mol. The first kappa shape index (κ1) is 33.4. The van der Waals surface area contributed by atoms with Crippen molar-refractivity contribution in [3.63, 3.8) is 0 Å². The molecule has 0 bridgehead atoms. The van der Waals surface area contributed by atoms with Crippen LogP contribution in [0.1, 0.15) is 86.1 Å². The Morgan fingerprint density at radius 1 is 1.16 bits per heavy atom. The summed E-state index contributed by atoms with van der Waals surface area (Å²) in [6, 6.07) is 4.32. The van der Waals surface area contributed by atoms with Gasteiger partial charge in [0.2, 0.25) is 11.8 Å². The Morgan fingerprint density at radius 2 is 1.91 bits per heavy atom. The van der Waals surface area contributed by atoms with Crippen molar-refractivity contribution in [1.29, 1.82) is 5.26 Å². The zero-order valence-electron chi connectivity index (χ0n) is 26.3. The highest BCUT2D eigenvalue weighted by Crippen LogP contribution is 2.47. The van der Waals surface area contributed by atoms with E-state index in [1.807, 2.05) is 13.8 Å². The molecule has 1 fully saturated rings. The van der Waals surface area contributed by atoms with Gasteiger partial charge in [0.15, 0.2) is 17.3 Å². The minimum absolute atomic E-state index is 0.0979. The lowest BCUT2D eigenvalue weighted by Gasteiger charge is -2.22. The van der Waals surface area contributed by atoms with E-state index >= 15 is 0 Å². The maximum atomic E-state index is 9.88. The van der Waals surface area contributed by atoms with Gasteiger partial charge in [0, 0.05) is 22.4 Å². The Morgan fingerprint density at radius 3 is 2.60 bits per heavy atom. The van der Waals surface area contributed by atoms with Crippen molar-refractivity contribution in [2.45, 2.75) is 77.7 Å². The smallest absolute Gasteiger partial charge is 0.226 e. The fourth-order valence-corrected chi connectivity index (χ4v) is 6.91. The molecule has 6 rings (SSSR count). The number of likely N-dealkylation sites (N-methyl/N-ethyl adjacent to an activating group) is 1. The van der Waals surface area contributed by atoms with E-state index in [1.54, 1.807) is 18.5 Å². The molecule has 0 unspecified atom stereocenters. The van der Waals surface area contributed by atoms with Gasteiger partial charge in [-0.15, -0.1) is 24.2 Å². The summed E-state index contributed by atoms with van der Waals surface area (Å²) in [7, 11) is 2.11. The van der Waals surface area contributed by atoms with Gasteiger partial charge in [-0.1, -0.05) is 32.3 Å². The molecule has 5 heterocycles. The summed E-state index contributed by atoms with van der Waals surface area (Å²) in [5.41, 5.74) is 9.25. The molecule has 45 heavy (non-hydrogen) atoms. The molecule has 236 valence electrons. The number of nitriles is 1. The molecule has 12 heteroatoms. The number of terminal acetylenes is 1. The highest BCUT2D eigenvalue weighted by molar-refractivity contribution is 7.16. The Kier molecular flexibility index (Phi) is 11.9. The summed E-state index contributed by atoms with van der Waals surface area (Å²) in [4.78, 5) is 21.0. The maximum absolute atomic E-state index is 9.88. The first-order valence-electron chi connectivity index (χ1n) is 15.3. The molecule has 2 aliphatic rings. The predicted octanol–water partition coefficient (Wildman–Crippen LogP) is 6.40. The quantitative estimate of drug-likeness (QED) is 0.205. The minimum Gasteiger partial charge on any atom is -0.476 e. The molecule has 4 aromatic heterocycles. The number of nitrogens with two attached hydrogens (primary N) is 1. The molecule has 0 amide bonds. The molecule has 2 N–H and O–H groups in total. The van der Waals surface area contributed by atoms with Crippen LogP contribution < -0.4 is 15.2 Å². The summed E-state index contributed by atoms with van der Waals surface area (Å²) in [6.45, 7) is 7.67. The van der Waals surface area contributed by atoms with Crippen LogP contribution in [0.2, 0.25) is 0 Å². The van der Waals surface area contributed by atoms with Crippen LogP contribution in [0.25, 0.3) is 11.5 Å². The number of rotatable bonds is 9. The molecule has 0 spiro atoms. The van der Waals surface area contributed by atoms with Crippen LogP contribution >= 0.6 is 11.3 Å². The van der Waals surface area contributed by atoms with Gasteiger partial charge in [-0.2, -0.15) is 15.2 Å². The summed E-state index contributed by atoms with van der Waals surface area (Å²) < 4.78 is 18.3. The third-order valence-electron chi connectivity index (χ3n) is 7.79. The van der Waals surface area contributed by atoms with Crippen LogP contribution in [0.4, 0.5) is 5.00 Å². The molecular formula is C33H40N8O3S. The predicted molar refractivity (Wildman–Crippen MR) is 174 cm³/mol. The van der Waals surface area contributed by atoms with Gasteiger partial charge in [-0.05, 0) is 57.7 Å². The van der Waals surface area contributed by atoms with E-state index in [4.69, 9.17) is 29.7 Å². The minimum atomic E-state index is -0.0979. The number of nitrogens with zero attached hydrogens (tertiary/aromatic N) is 7. The number of ether oxygens (including phenoxy) is 2. The van der Waals surface area contributed by atoms with Crippen molar-refractivity contribution in [3.05, 3.63) is 52.1 Å². The number of fused-ring (bicyclic) bond motifs is 1. The molecule has 1 saturated heterocycles. The third-order valence-corrected chi connectivity index (χ3v) is 8.88. The van der Waals surface area contributed by atoms with Crippen LogP contribution in [0.15, 0.2) is 29.3 Å². The second-order valence-electron chi connectivity index (χ2n) is 10.5. The lowest BCUT2D eigenvalue weighted by atomic mass is 9.81. The molecule has 0 radical (unpaired) electrons. The average Bonchev–Trinajstić information content (AvgIpc) is 3.78. The highest BCUT2D eigenvalue weighted by atomic mass is 32.1. The van der Waals surface area contributed by atoms with Crippen molar-refractivity contribution in [3.8, 4) is 47.9 Å². The summed E-state index contributed by atoms with van der Waals surface area (Å²) in [5.74, 6) is 2.14. The fraction of sp³-hybridized carbons (Fsp3) is 0.455. The van der Waals surface area contributed by atoms with E-state index in [2.05, 4.69) is 52.9 Å². The van der Waals surface area contributed by atoms with Gasteiger partial charge in [0.25, 0.3) is 0 Å². The van der Waals surface area contributed by atoms with Gasteiger partial charge < -0.3 is 24.6 Å². The number of hydrogen-bond donors (Lipinski definition) is 1. The average molecular weight is 629 g/mol. The second-order valence-corrected chi connectivity index (χ2v) is 11.6. The van der Waals surface area contributed by atoms with E-state index in [1.165, 1.54) is 17.7 Å². The number of nitrogen functional groups attached to an aromatic ring is 1. The Labute approximate surface area is 268 Å². The van der Waals surface area contributed by atoms with Crippen LogP contribution in [0, 0.1) is 24.2 Å². The number of aromatic nitrogens is 5. The van der Waals surface area contributed by atoms with Gasteiger partial charge in [-0.3, -0.25) is 0 Å². The number of anilines is 1. The van der Waals surface area contributed by atoms with E-state index in [0.29, 0.717) is 58.7 Å². The summed E-state index contributed by atoms with van der Waals surface area (Å²) in [6.07, 6.45) is 19.1. The molecule has 1 aliphatic heterocycles. The number of likely N-dealkylation sites (tertiary alicyclic amines) is 1. The first-order valence-corrected chi connectivity index (χ1v) is 16.2. The van der Waals surface area contributed by atoms with E-state index in [9.17, 15) is 5.26 Å². The van der Waals surface area contributed by atoms with Crippen LogP contribution in [0.5, 0.6) is 17.5 Å². The largest absolute Gasteiger partial charge is 0.476 e. The zero-order chi connectivity index (χ0) is 32.3. The van der Waals surface area contributed by atoms with Crippen molar-refractivity contribution in [2.24, 2.45) is 0 Å². The molecule has 0 saturated carbocycles. The number of thiophene rings is 1. The van der Waals surface area contributed by atoms with E-state index in [-0.39, 0.29) is 5.92 Å². The van der Waals surface area contributed by atoms with Crippen molar-refractivity contribution in [2.75, 3.05) is 25.9 Å². The standard InChI is InChI=1S/C29H32N8O3S.C2H6.C2H2/c1-3-6-20-26(36-40-27(20)19-8-4-9-22-25(19)21(12-30)28(31)41-22)29-34-23(38-15-17-7-5-10-37(17)2)11-24(35-29)39-18-13-32-16-33-14-18;2*1-2/h11,13-14,16-17,19H,3-10,15,31H2,1-2H3;1-2H3;1-2H/t17-,19-;;/m0../s1. The van der Waals surface area contributed by atoms with Gasteiger partial charge in [-0.25, -0.2) is 9.97 Å². The summed E-state index contributed by atoms with van der Waals surface area (Å²) in [5, 5.41) is 14.9. The normalized spacial score (nSPS) is 17.2. The van der Waals surface area contributed by atoms with Gasteiger partial charge in [0.1, 0.15) is 29.8 Å². The second kappa shape index (κ2) is 16.0. The lowest BCUT2D eigenvalue weighted by molar-refractivity contribution is 0.192. The summed E-state index contributed by atoms with van der Waals surface area (Å²) >= 11 is 1.50. The van der Waals surface area contributed by atoms with E-state index < -0.39 is 0 Å². The van der Waals surface area contributed by atoms with Crippen molar-refractivity contribution in [1.82, 2.24) is 30.0 Å². The van der Waals surface area contributed by atoms with E-state index in [0.717, 1.165) is 66.8 Å². The Bertz CT molecular complexity index is 1610. The Hall–Kier alpha value is -4.52. The Balaban J connectivity index is 0.00000111. The van der Waals surface area contributed by atoms with Gasteiger partial charge in [0.05, 0.1) is 24.0 Å². The lowest BCUT2D eigenvalue weighted by Crippen LogP contribution is -2.30. The number of aryl methyl sites for hydroxylation is 1. The van der Waals surface area contributed by atoms with Crippen LogP contribution in [-0.4, -0.2) is 56.2 Å². The molecule has 2 atom stereocenters. The third kappa shape index (κ3) is 7.42. The number of hydrogen-bond acceptors (Lipinski definition) is 12. The molecule has 1 aliphatic carbocycles. The molecule has 4 aromatic rings. The molecule has 11 nitrogen and oxygen atoms in total. The first-order chi connectivity index (χ1) is 22.1. The SMILES string of the molecule is C#C.CC.CCCc1c(-c2nc(OC[C@@H]3CCCN3C)cc(Oc3cncnc3)n2)noc1[C@H]1CCCc2sc(N)c(C#N)c21. The topological polar surface area (TPSA) is 149 Å². The monoisotopic (exact) mass is 628 g/mol. The highest BCUT2D eigenvalue weighted by Gasteiger charge is 2.34. The van der Waals surface area contributed by atoms with Crippen molar-refractivity contribution < 1.29 is 14.0 Å². The van der Waals surface area contributed by atoms with Gasteiger partial charge >= 0.3 is 0 Å². The van der Waals surface area contributed by atoms with Crippen LogP contribution in [-0.2, 0) is 12.8 Å². The fourth-order valence-electron chi connectivity index (χ4n) is 5.78. The zero-order valence-corrected chi connectivity index (χ0v) is 27.1.